The van der Waals surface area contributed by atoms with Crippen LogP contribution in [0.25, 0.3) is 0 Å². The molecule has 0 unspecified atom stereocenters. The van der Waals surface area contributed by atoms with E-state index in [1.54, 1.807) is 31.3 Å². The minimum Gasteiger partial charge on any atom is -0.336 e. The Hall–Kier alpha value is -2.33. The quantitative estimate of drug-likeness (QED) is 0.858. The summed E-state index contributed by atoms with van der Waals surface area (Å²) in [7, 11) is 1.68. The molecule has 26 heavy (non-hydrogen) atoms. The van der Waals surface area contributed by atoms with Gasteiger partial charge in [0.05, 0.1) is 22.7 Å². The molecule has 2 aromatic carbocycles. The summed E-state index contributed by atoms with van der Waals surface area (Å²) in [5.41, 5.74) is 2.25. The van der Waals surface area contributed by atoms with Gasteiger partial charge in [-0.05, 0) is 37.5 Å². The molecule has 4 nitrogen and oxygen atoms in total. The number of likely N-dealkylation sites (N-methyl/N-ethyl adjacent to an activating group) is 1. The Morgan fingerprint density at radius 2 is 1.88 bits per heavy atom. The van der Waals surface area contributed by atoms with Crippen LogP contribution in [0.4, 0.5) is 5.69 Å². The second kappa shape index (κ2) is 7.50. The van der Waals surface area contributed by atoms with Gasteiger partial charge in [0.25, 0.3) is 0 Å². The summed E-state index contributed by atoms with van der Waals surface area (Å²) in [6, 6.07) is 15.2. The van der Waals surface area contributed by atoms with Crippen LogP contribution in [0.3, 0.4) is 0 Å². The average molecular weight is 371 g/mol. The van der Waals surface area contributed by atoms with Gasteiger partial charge in [0, 0.05) is 7.05 Å². The summed E-state index contributed by atoms with van der Waals surface area (Å²) in [6.45, 7) is 2.03. The van der Waals surface area contributed by atoms with Gasteiger partial charge in [0.1, 0.15) is 0 Å². The van der Waals surface area contributed by atoms with Gasteiger partial charge in [-0.1, -0.05) is 60.0 Å². The summed E-state index contributed by atoms with van der Waals surface area (Å²) < 4.78 is 0. The van der Waals surface area contributed by atoms with Crippen molar-refractivity contribution in [1.29, 1.82) is 0 Å². The van der Waals surface area contributed by atoms with Crippen LogP contribution in [-0.2, 0) is 15.0 Å². The van der Waals surface area contributed by atoms with E-state index >= 15 is 0 Å². The topological polar surface area (TPSA) is 49.4 Å². The van der Waals surface area contributed by atoms with Crippen molar-refractivity contribution in [1.82, 2.24) is 4.90 Å². The van der Waals surface area contributed by atoms with E-state index in [0.29, 0.717) is 10.7 Å². The summed E-state index contributed by atoms with van der Waals surface area (Å²) >= 11 is 6.07. The minimum atomic E-state index is -0.495. The highest BCUT2D eigenvalue weighted by atomic mass is 35.5. The second-order valence-corrected chi connectivity index (χ2v) is 7.40. The first-order valence-electron chi connectivity index (χ1n) is 8.79. The molecule has 2 aromatic rings. The fraction of sp³-hybridized carbons (Fsp3) is 0.333. The standard InChI is InChI=1S/C21H23ClN2O2/c1-15-7-5-8-16(13-15)21(11-6-12-21)20(26)24(2)14-19(25)23-18-10-4-3-9-17(18)22/h3-5,7-10,13H,6,11-12,14H2,1-2H3,(H,23,25). The van der Waals surface area contributed by atoms with Crippen LogP contribution < -0.4 is 5.32 Å². The molecule has 0 bridgehead atoms. The molecule has 136 valence electrons. The highest BCUT2D eigenvalue weighted by molar-refractivity contribution is 6.33. The average Bonchev–Trinajstić information content (AvgIpc) is 2.56. The summed E-state index contributed by atoms with van der Waals surface area (Å²) in [5.74, 6) is -0.253. The van der Waals surface area contributed by atoms with Gasteiger partial charge in [-0.25, -0.2) is 0 Å². The first-order chi connectivity index (χ1) is 12.4. The first kappa shape index (κ1) is 18.5. The van der Waals surface area contributed by atoms with E-state index in [0.717, 1.165) is 30.4 Å². The molecular formula is C21H23ClN2O2. The van der Waals surface area contributed by atoms with Crippen molar-refractivity contribution in [2.45, 2.75) is 31.6 Å². The van der Waals surface area contributed by atoms with Gasteiger partial charge < -0.3 is 10.2 Å². The van der Waals surface area contributed by atoms with Gasteiger partial charge >= 0.3 is 0 Å². The Balaban J connectivity index is 1.70. The van der Waals surface area contributed by atoms with Crippen LogP contribution in [0.1, 0.15) is 30.4 Å². The number of carbonyl (C=O) groups is 2. The highest BCUT2D eigenvalue weighted by Crippen LogP contribution is 2.45. The van der Waals surface area contributed by atoms with Gasteiger partial charge in [-0.2, -0.15) is 0 Å². The number of para-hydroxylation sites is 1. The van der Waals surface area contributed by atoms with Crippen molar-refractivity contribution < 1.29 is 9.59 Å². The molecule has 1 aliphatic carbocycles. The predicted octanol–water partition coefficient (Wildman–Crippen LogP) is 4.17. The maximum Gasteiger partial charge on any atom is 0.244 e. The van der Waals surface area contributed by atoms with Crippen molar-refractivity contribution in [3.8, 4) is 0 Å². The largest absolute Gasteiger partial charge is 0.336 e. The zero-order valence-corrected chi connectivity index (χ0v) is 15.8. The van der Waals surface area contributed by atoms with Crippen LogP contribution in [0, 0.1) is 6.92 Å². The fourth-order valence-electron chi connectivity index (χ4n) is 3.50. The minimum absolute atomic E-state index is 0.00236. The monoisotopic (exact) mass is 370 g/mol. The van der Waals surface area contributed by atoms with E-state index in [2.05, 4.69) is 11.4 Å². The van der Waals surface area contributed by atoms with Crippen LogP contribution in [0.2, 0.25) is 5.02 Å². The zero-order valence-electron chi connectivity index (χ0n) is 15.1. The molecule has 1 N–H and O–H groups in total. The Bertz CT molecular complexity index is 830. The van der Waals surface area contributed by atoms with Crippen molar-refractivity contribution >= 4 is 29.1 Å². The molecule has 0 aliphatic heterocycles. The maximum absolute atomic E-state index is 13.1. The van der Waals surface area contributed by atoms with Crippen molar-refractivity contribution in [3.63, 3.8) is 0 Å². The molecule has 2 amide bonds. The molecule has 0 aromatic heterocycles. The molecule has 1 aliphatic rings. The number of hydrogen-bond acceptors (Lipinski definition) is 2. The second-order valence-electron chi connectivity index (χ2n) is 6.99. The third-order valence-electron chi connectivity index (χ3n) is 5.06. The van der Waals surface area contributed by atoms with Gasteiger partial charge in [0.15, 0.2) is 0 Å². The van der Waals surface area contributed by atoms with Gasteiger partial charge in [-0.15, -0.1) is 0 Å². The van der Waals surface area contributed by atoms with E-state index in [-0.39, 0.29) is 18.4 Å². The lowest BCUT2D eigenvalue weighted by atomic mass is 9.63. The van der Waals surface area contributed by atoms with Crippen LogP contribution in [0.5, 0.6) is 0 Å². The lowest BCUT2D eigenvalue weighted by Gasteiger charge is -2.43. The number of rotatable bonds is 5. The van der Waals surface area contributed by atoms with Crippen molar-refractivity contribution in [2.75, 3.05) is 18.9 Å². The lowest BCUT2D eigenvalue weighted by Crippen LogP contribution is -2.51. The van der Waals surface area contributed by atoms with Crippen molar-refractivity contribution in [2.24, 2.45) is 0 Å². The molecule has 0 atom stereocenters. The van der Waals surface area contributed by atoms with E-state index in [1.165, 1.54) is 4.90 Å². The van der Waals surface area contributed by atoms with Crippen molar-refractivity contribution in [3.05, 3.63) is 64.7 Å². The molecule has 3 rings (SSSR count). The first-order valence-corrected chi connectivity index (χ1v) is 9.17. The van der Waals surface area contributed by atoms with Gasteiger partial charge in [-0.3, -0.25) is 9.59 Å². The molecule has 1 saturated carbocycles. The molecule has 0 heterocycles. The Kier molecular flexibility index (Phi) is 5.33. The molecule has 5 heteroatoms. The lowest BCUT2D eigenvalue weighted by molar-refractivity contribution is -0.141. The number of nitrogens with zero attached hydrogens (tertiary/aromatic N) is 1. The number of halogens is 1. The SMILES string of the molecule is Cc1cccc(C2(C(=O)N(C)CC(=O)Nc3ccccc3Cl)CCC2)c1. The molecular weight excluding hydrogens is 348 g/mol. The molecule has 0 spiro atoms. The number of amides is 2. The van der Waals surface area contributed by atoms with Crippen LogP contribution >= 0.6 is 11.6 Å². The van der Waals surface area contributed by atoms with E-state index in [9.17, 15) is 9.59 Å². The summed E-state index contributed by atoms with van der Waals surface area (Å²) in [6.07, 6.45) is 2.68. The Labute approximate surface area is 159 Å². The molecule has 1 fully saturated rings. The number of nitrogens with one attached hydrogen (secondary N) is 1. The highest BCUT2D eigenvalue weighted by Gasteiger charge is 2.47. The summed E-state index contributed by atoms with van der Waals surface area (Å²) in [5, 5.41) is 3.24. The Morgan fingerprint density at radius 1 is 1.15 bits per heavy atom. The number of anilines is 1. The smallest absolute Gasteiger partial charge is 0.244 e. The normalized spacial score (nSPS) is 15.0. The Morgan fingerprint density at radius 3 is 2.50 bits per heavy atom. The van der Waals surface area contributed by atoms with E-state index < -0.39 is 5.41 Å². The van der Waals surface area contributed by atoms with E-state index in [1.807, 2.05) is 25.1 Å². The number of benzene rings is 2. The number of aryl methyl sites for hydroxylation is 1. The fourth-order valence-corrected chi connectivity index (χ4v) is 3.69. The number of hydrogen-bond donors (Lipinski definition) is 1. The van der Waals surface area contributed by atoms with E-state index in [4.69, 9.17) is 11.6 Å². The summed E-state index contributed by atoms with van der Waals surface area (Å²) in [4.78, 5) is 27.0. The van der Waals surface area contributed by atoms with Gasteiger partial charge in [0.2, 0.25) is 11.8 Å². The molecule has 0 radical (unpaired) electrons. The number of carbonyl (C=O) groups excluding carboxylic acids is 2. The zero-order chi connectivity index (χ0) is 18.7. The molecule has 0 saturated heterocycles. The van der Waals surface area contributed by atoms with Crippen LogP contribution in [-0.4, -0.2) is 30.3 Å². The third kappa shape index (κ3) is 3.61. The van der Waals surface area contributed by atoms with Crippen LogP contribution in [0.15, 0.2) is 48.5 Å². The predicted molar refractivity (Wildman–Crippen MR) is 104 cm³/mol. The third-order valence-corrected chi connectivity index (χ3v) is 5.39. The maximum atomic E-state index is 13.1.